The van der Waals surface area contributed by atoms with E-state index >= 15 is 0 Å². The number of para-hydroxylation sites is 1. The topological polar surface area (TPSA) is 61.0 Å². The summed E-state index contributed by atoms with van der Waals surface area (Å²) in [6.45, 7) is 5.25. The SMILES string of the molecule is CCN1CCc2nc(NC(=O)CCc3c[nH]c4ccccc34)sc2C1. The summed E-state index contributed by atoms with van der Waals surface area (Å²) in [5.74, 6) is 0.0312. The number of nitrogens with one attached hydrogen (secondary N) is 2. The first-order chi connectivity index (χ1) is 12.2. The van der Waals surface area contributed by atoms with E-state index in [1.807, 2.05) is 18.3 Å². The number of carbonyl (C=O) groups is 1. The first kappa shape index (κ1) is 16.3. The summed E-state index contributed by atoms with van der Waals surface area (Å²) >= 11 is 1.62. The molecule has 130 valence electrons. The number of H-pyrrole nitrogens is 1. The van der Waals surface area contributed by atoms with Crippen LogP contribution >= 0.6 is 11.3 Å². The molecule has 1 aliphatic rings. The Morgan fingerprint density at radius 3 is 3.16 bits per heavy atom. The fraction of sp³-hybridized carbons (Fsp3) is 0.368. The summed E-state index contributed by atoms with van der Waals surface area (Å²) in [6, 6.07) is 8.19. The quantitative estimate of drug-likeness (QED) is 0.736. The summed E-state index contributed by atoms with van der Waals surface area (Å²) < 4.78 is 0. The van der Waals surface area contributed by atoms with Gasteiger partial charge in [0, 0.05) is 47.9 Å². The highest BCUT2D eigenvalue weighted by atomic mass is 32.1. The number of nitrogens with zero attached hydrogens (tertiary/aromatic N) is 2. The minimum absolute atomic E-state index is 0.0312. The van der Waals surface area contributed by atoms with Crippen molar-refractivity contribution < 1.29 is 4.79 Å². The van der Waals surface area contributed by atoms with Gasteiger partial charge in [0.1, 0.15) is 0 Å². The van der Waals surface area contributed by atoms with Crippen molar-refractivity contribution >= 4 is 33.3 Å². The molecule has 25 heavy (non-hydrogen) atoms. The fourth-order valence-corrected chi connectivity index (χ4v) is 4.41. The molecular formula is C19H22N4OS. The highest BCUT2D eigenvalue weighted by Gasteiger charge is 2.20. The number of thiazole rings is 1. The molecule has 4 rings (SSSR count). The van der Waals surface area contributed by atoms with Crippen LogP contribution in [0.15, 0.2) is 30.5 Å². The lowest BCUT2D eigenvalue weighted by Crippen LogP contribution is -2.29. The van der Waals surface area contributed by atoms with Gasteiger partial charge in [0.15, 0.2) is 5.13 Å². The van der Waals surface area contributed by atoms with Crippen molar-refractivity contribution in [3.63, 3.8) is 0 Å². The number of rotatable bonds is 5. The van der Waals surface area contributed by atoms with Gasteiger partial charge in [0.2, 0.25) is 5.91 Å². The molecule has 1 amide bonds. The van der Waals surface area contributed by atoms with Gasteiger partial charge < -0.3 is 10.3 Å². The number of likely N-dealkylation sites (N-methyl/N-ethyl adjacent to an activating group) is 1. The number of hydrogen-bond donors (Lipinski definition) is 2. The summed E-state index contributed by atoms with van der Waals surface area (Å²) in [6.07, 6.45) is 4.17. The Bertz CT molecular complexity index is 898. The molecule has 6 heteroatoms. The second-order valence-electron chi connectivity index (χ2n) is 6.42. The first-order valence-electron chi connectivity index (χ1n) is 8.78. The van der Waals surface area contributed by atoms with Crippen molar-refractivity contribution in [3.8, 4) is 0 Å². The maximum Gasteiger partial charge on any atom is 0.226 e. The molecule has 0 unspecified atom stereocenters. The molecule has 0 aliphatic carbocycles. The molecule has 1 aliphatic heterocycles. The number of fused-ring (bicyclic) bond motifs is 2. The molecular weight excluding hydrogens is 332 g/mol. The average molecular weight is 354 g/mol. The second kappa shape index (κ2) is 6.98. The summed E-state index contributed by atoms with van der Waals surface area (Å²) in [4.78, 5) is 23.9. The normalized spacial score (nSPS) is 14.6. The molecule has 0 saturated carbocycles. The molecule has 2 aromatic heterocycles. The molecule has 0 spiro atoms. The van der Waals surface area contributed by atoms with Crippen LogP contribution in [-0.4, -0.2) is 33.9 Å². The van der Waals surface area contributed by atoms with Gasteiger partial charge in [-0.3, -0.25) is 9.69 Å². The monoisotopic (exact) mass is 354 g/mol. The average Bonchev–Trinajstić information content (AvgIpc) is 3.22. The van der Waals surface area contributed by atoms with E-state index in [0.717, 1.165) is 48.8 Å². The van der Waals surface area contributed by atoms with Gasteiger partial charge in [-0.15, -0.1) is 11.3 Å². The van der Waals surface area contributed by atoms with Crippen molar-refractivity contribution in [1.29, 1.82) is 0 Å². The van der Waals surface area contributed by atoms with Crippen LogP contribution in [-0.2, 0) is 24.2 Å². The second-order valence-corrected chi connectivity index (χ2v) is 7.50. The number of carbonyl (C=O) groups excluding carboxylic acids is 1. The van der Waals surface area contributed by atoms with E-state index in [1.54, 1.807) is 11.3 Å². The van der Waals surface area contributed by atoms with E-state index in [9.17, 15) is 4.79 Å². The van der Waals surface area contributed by atoms with Crippen LogP contribution in [0.2, 0.25) is 0 Å². The molecule has 0 fully saturated rings. The lowest BCUT2D eigenvalue weighted by molar-refractivity contribution is -0.116. The lowest BCUT2D eigenvalue weighted by atomic mass is 10.1. The third-order valence-electron chi connectivity index (χ3n) is 4.80. The van der Waals surface area contributed by atoms with E-state index in [0.29, 0.717) is 6.42 Å². The Morgan fingerprint density at radius 1 is 1.40 bits per heavy atom. The summed E-state index contributed by atoms with van der Waals surface area (Å²) in [5, 5.41) is 4.92. The molecule has 0 bridgehead atoms. The Hall–Kier alpha value is -2.18. The standard InChI is InChI=1S/C19H22N4OS/c1-2-23-10-9-16-17(12-23)25-19(21-16)22-18(24)8-7-13-11-20-15-6-4-3-5-14(13)15/h3-6,11,20H,2,7-10,12H2,1H3,(H,21,22,24). The van der Waals surface area contributed by atoms with Gasteiger partial charge in [0.05, 0.1) is 5.69 Å². The highest BCUT2D eigenvalue weighted by Crippen LogP contribution is 2.28. The van der Waals surface area contributed by atoms with E-state index in [-0.39, 0.29) is 5.91 Å². The lowest BCUT2D eigenvalue weighted by Gasteiger charge is -2.23. The van der Waals surface area contributed by atoms with Crippen LogP contribution in [0.4, 0.5) is 5.13 Å². The van der Waals surface area contributed by atoms with Crippen LogP contribution in [0.1, 0.15) is 29.5 Å². The number of amides is 1. The van der Waals surface area contributed by atoms with Crippen molar-refractivity contribution in [1.82, 2.24) is 14.9 Å². The molecule has 3 aromatic rings. The molecule has 0 radical (unpaired) electrons. The Morgan fingerprint density at radius 2 is 2.28 bits per heavy atom. The number of hydrogen-bond acceptors (Lipinski definition) is 4. The van der Waals surface area contributed by atoms with E-state index in [2.05, 4.69) is 39.2 Å². The Balaban J connectivity index is 1.37. The van der Waals surface area contributed by atoms with Crippen LogP contribution in [0.25, 0.3) is 10.9 Å². The van der Waals surface area contributed by atoms with Crippen molar-refractivity contribution in [2.75, 3.05) is 18.4 Å². The van der Waals surface area contributed by atoms with Gasteiger partial charge in [-0.05, 0) is 24.6 Å². The number of aryl methyl sites for hydroxylation is 1. The number of benzene rings is 1. The third-order valence-corrected chi connectivity index (χ3v) is 5.80. The summed E-state index contributed by atoms with van der Waals surface area (Å²) in [7, 11) is 0. The number of aromatic nitrogens is 2. The van der Waals surface area contributed by atoms with Crippen molar-refractivity contribution in [3.05, 3.63) is 46.6 Å². The predicted molar refractivity (Wildman–Crippen MR) is 102 cm³/mol. The molecule has 1 aromatic carbocycles. The van der Waals surface area contributed by atoms with Gasteiger partial charge >= 0.3 is 0 Å². The van der Waals surface area contributed by atoms with Gasteiger partial charge in [-0.25, -0.2) is 4.98 Å². The van der Waals surface area contributed by atoms with E-state index in [4.69, 9.17) is 0 Å². The first-order valence-corrected chi connectivity index (χ1v) is 9.60. The molecule has 5 nitrogen and oxygen atoms in total. The van der Waals surface area contributed by atoms with Crippen LogP contribution in [0.5, 0.6) is 0 Å². The molecule has 3 heterocycles. The summed E-state index contributed by atoms with van der Waals surface area (Å²) in [5.41, 5.74) is 3.45. The van der Waals surface area contributed by atoms with Crippen LogP contribution in [0.3, 0.4) is 0 Å². The van der Waals surface area contributed by atoms with Gasteiger partial charge in [-0.2, -0.15) is 0 Å². The minimum atomic E-state index is 0.0312. The maximum absolute atomic E-state index is 12.3. The van der Waals surface area contributed by atoms with Crippen molar-refractivity contribution in [2.45, 2.75) is 32.7 Å². The van der Waals surface area contributed by atoms with Crippen LogP contribution < -0.4 is 5.32 Å². The largest absolute Gasteiger partial charge is 0.361 e. The zero-order valence-electron chi connectivity index (χ0n) is 14.3. The molecule has 2 N–H and O–H groups in total. The number of anilines is 1. The smallest absolute Gasteiger partial charge is 0.226 e. The van der Waals surface area contributed by atoms with Gasteiger partial charge in [0.25, 0.3) is 0 Å². The molecule has 0 atom stereocenters. The third kappa shape index (κ3) is 3.45. The van der Waals surface area contributed by atoms with Gasteiger partial charge in [-0.1, -0.05) is 25.1 Å². The zero-order chi connectivity index (χ0) is 17.2. The van der Waals surface area contributed by atoms with E-state index < -0.39 is 0 Å². The van der Waals surface area contributed by atoms with Crippen LogP contribution in [0, 0.1) is 0 Å². The molecule has 0 saturated heterocycles. The van der Waals surface area contributed by atoms with E-state index in [1.165, 1.54) is 15.8 Å². The Labute approximate surface area is 151 Å². The maximum atomic E-state index is 12.3. The fourth-order valence-electron chi connectivity index (χ4n) is 3.34. The number of aromatic amines is 1. The Kier molecular flexibility index (Phi) is 4.55. The zero-order valence-corrected chi connectivity index (χ0v) is 15.2. The van der Waals surface area contributed by atoms with Crippen molar-refractivity contribution in [2.24, 2.45) is 0 Å². The predicted octanol–water partition coefficient (Wildman–Crippen LogP) is 3.57. The minimum Gasteiger partial charge on any atom is -0.361 e. The highest BCUT2D eigenvalue weighted by molar-refractivity contribution is 7.15.